The Bertz CT molecular complexity index is 222. The minimum absolute atomic E-state index is 0.142. The predicted molar refractivity (Wildman–Crippen MR) is 51.3 cm³/mol. The summed E-state index contributed by atoms with van der Waals surface area (Å²) in [6, 6.07) is 0. The summed E-state index contributed by atoms with van der Waals surface area (Å²) < 4.78 is 21.6. The van der Waals surface area contributed by atoms with Crippen LogP contribution < -0.4 is 5.32 Å². The summed E-state index contributed by atoms with van der Waals surface area (Å²) in [5.74, 6) is -2.57. The molecule has 1 atom stereocenters. The van der Waals surface area contributed by atoms with Crippen molar-refractivity contribution in [3.63, 3.8) is 0 Å². The van der Waals surface area contributed by atoms with Crippen LogP contribution in [0.2, 0.25) is 0 Å². The lowest BCUT2D eigenvalue weighted by atomic mass is 10.7. The van der Waals surface area contributed by atoms with Gasteiger partial charge in [-0.3, -0.25) is 9.88 Å². The quantitative estimate of drug-likeness (QED) is 0.626. The summed E-state index contributed by atoms with van der Waals surface area (Å²) in [6.45, 7) is 3.53. The van der Waals surface area contributed by atoms with Crippen molar-refractivity contribution in [2.45, 2.75) is 19.6 Å². The van der Waals surface area contributed by atoms with Gasteiger partial charge in [0.05, 0.1) is 13.2 Å². The molecule has 0 radical (unpaired) electrons. The highest BCUT2D eigenvalue weighted by molar-refractivity contribution is 7.55. The fraction of sp³-hybridized carbons (Fsp3) is 0.857. The van der Waals surface area contributed by atoms with Gasteiger partial charge >= 0.3 is 13.6 Å². The minimum Gasteiger partial charge on any atom is -0.480 e. The maximum absolute atomic E-state index is 11.9. The summed E-state index contributed by atoms with van der Waals surface area (Å²) in [6.07, 6.45) is 0. The molecule has 0 heterocycles. The molecule has 0 saturated heterocycles. The fourth-order valence-corrected chi connectivity index (χ4v) is 2.64. The van der Waals surface area contributed by atoms with Crippen molar-refractivity contribution in [1.29, 1.82) is 0 Å². The summed E-state index contributed by atoms with van der Waals surface area (Å²) >= 11 is 0. The van der Waals surface area contributed by atoms with Crippen molar-refractivity contribution in [2.24, 2.45) is 0 Å². The number of carboxylic acids is 1. The van der Waals surface area contributed by atoms with Crippen molar-refractivity contribution >= 4 is 13.6 Å². The van der Waals surface area contributed by atoms with Crippen LogP contribution in [0.1, 0.15) is 13.8 Å². The van der Waals surface area contributed by atoms with Crippen molar-refractivity contribution in [2.75, 3.05) is 20.3 Å². The Morgan fingerprint density at radius 2 is 1.86 bits per heavy atom. The second-order valence-corrected chi connectivity index (χ2v) is 4.52. The van der Waals surface area contributed by atoms with Crippen LogP contribution in [-0.4, -0.2) is 37.1 Å². The molecule has 0 aliphatic carbocycles. The molecule has 0 aromatic rings. The minimum atomic E-state index is -3.60. The molecule has 1 unspecified atom stereocenters. The van der Waals surface area contributed by atoms with E-state index in [1.165, 1.54) is 7.05 Å². The van der Waals surface area contributed by atoms with Gasteiger partial charge in [-0.25, -0.2) is 4.79 Å². The van der Waals surface area contributed by atoms with Gasteiger partial charge in [0.2, 0.25) is 5.78 Å². The molecule has 0 aliphatic heterocycles. The van der Waals surface area contributed by atoms with Gasteiger partial charge in [-0.15, -0.1) is 0 Å². The molecule has 0 aromatic heterocycles. The number of carboxylic acid groups (broad SMARTS) is 1. The molecule has 0 aliphatic rings. The topological polar surface area (TPSA) is 84.9 Å². The Kier molecular flexibility index (Phi) is 5.95. The Hall–Kier alpha value is -0.420. The number of aliphatic carboxylic acids is 1. The van der Waals surface area contributed by atoms with Crippen LogP contribution in [0.25, 0.3) is 0 Å². The van der Waals surface area contributed by atoms with Gasteiger partial charge < -0.3 is 14.2 Å². The van der Waals surface area contributed by atoms with E-state index < -0.39 is 19.3 Å². The van der Waals surface area contributed by atoms with Crippen LogP contribution in [0, 0.1) is 0 Å². The number of hydrogen-bond acceptors (Lipinski definition) is 5. The van der Waals surface area contributed by atoms with Gasteiger partial charge in [-0.1, -0.05) is 0 Å². The van der Waals surface area contributed by atoms with Crippen LogP contribution in [-0.2, 0) is 18.4 Å². The van der Waals surface area contributed by atoms with Gasteiger partial charge in [0.25, 0.3) is 0 Å². The molecule has 0 fully saturated rings. The first-order chi connectivity index (χ1) is 6.51. The molecule has 0 aromatic carbocycles. The SMILES string of the molecule is CCOP(=O)(OCC)C(NC)C(=O)O. The predicted octanol–water partition coefficient (Wildman–Crippen LogP) is 0.883. The molecule has 0 spiro atoms. The second kappa shape index (κ2) is 6.14. The zero-order valence-corrected chi connectivity index (χ0v) is 9.41. The highest BCUT2D eigenvalue weighted by atomic mass is 31.2. The largest absolute Gasteiger partial charge is 0.480 e. The molecule has 2 N–H and O–H groups in total. The number of nitrogens with one attached hydrogen (secondary N) is 1. The third-order valence-corrected chi connectivity index (χ3v) is 3.79. The highest BCUT2D eigenvalue weighted by Gasteiger charge is 2.40. The van der Waals surface area contributed by atoms with E-state index in [4.69, 9.17) is 14.2 Å². The van der Waals surface area contributed by atoms with Crippen LogP contribution in [0.5, 0.6) is 0 Å². The molecule has 0 bridgehead atoms. The number of rotatable bonds is 7. The van der Waals surface area contributed by atoms with Gasteiger partial charge in [0, 0.05) is 0 Å². The van der Waals surface area contributed by atoms with E-state index in [0.717, 1.165) is 0 Å². The maximum atomic E-state index is 11.9. The number of likely N-dealkylation sites (N-methyl/N-ethyl adjacent to an activating group) is 1. The highest BCUT2D eigenvalue weighted by Crippen LogP contribution is 2.51. The maximum Gasteiger partial charge on any atom is 0.358 e. The molecule has 14 heavy (non-hydrogen) atoms. The Labute approximate surface area is 83.1 Å². The average molecular weight is 225 g/mol. The molecule has 84 valence electrons. The van der Waals surface area contributed by atoms with Gasteiger partial charge in [0.1, 0.15) is 0 Å². The number of carbonyl (C=O) groups is 1. The van der Waals surface area contributed by atoms with Crippen molar-refractivity contribution in [3.8, 4) is 0 Å². The first-order valence-corrected chi connectivity index (χ1v) is 5.91. The third kappa shape index (κ3) is 3.38. The lowest BCUT2D eigenvalue weighted by Gasteiger charge is -2.22. The Morgan fingerprint density at radius 3 is 2.07 bits per heavy atom. The van der Waals surface area contributed by atoms with Crippen molar-refractivity contribution < 1.29 is 23.5 Å². The Morgan fingerprint density at radius 1 is 1.43 bits per heavy atom. The first kappa shape index (κ1) is 13.6. The molecular weight excluding hydrogens is 209 g/mol. The van der Waals surface area contributed by atoms with E-state index in [-0.39, 0.29) is 13.2 Å². The second-order valence-electron chi connectivity index (χ2n) is 2.40. The van der Waals surface area contributed by atoms with Gasteiger partial charge in [-0.2, -0.15) is 0 Å². The summed E-state index contributed by atoms with van der Waals surface area (Å²) in [4.78, 5) is 10.7. The fourth-order valence-electron chi connectivity index (χ4n) is 0.963. The molecule has 0 saturated carbocycles. The zero-order chi connectivity index (χ0) is 11.2. The van der Waals surface area contributed by atoms with Crippen LogP contribution >= 0.6 is 7.60 Å². The van der Waals surface area contributed by atoms with Crippen molar-refractivity contribution in [3.05, 3.63) is 0 Å². The Balaban J connectivity index is 4.76. The summed E-state index contributed by atoms with van der Waals surface area (Å²) in [7, 11) is -2.20. The first-order valence-electron chi connectivity index (χ1n) is 4.30. The molecule has 6 nitrogen and oxygen atoms in total. The molecular formula is C7H16NO5P. The van der Waals surface area contributed by atoms with Crippen LogP contribution in [0.15, 0.2) is 0 Å². The lowest BCUT2D eigenvalue weighted by Crippen LogP contribution is -2.35. The number of hydrogen-bond donors (Lipinski definition) is 2. The molecule has 0 amide bonds. The van der Waals surface area contributed by atoms with E-state index in [2.05, 4.69) is 5.32 Å². The van der Waals surface area contributed by atoms with E-state index in [1.54, 1.807) is 13.8 Å². The van der Waals surface area contributed by atoms with E-state index in [9.17, 15) is 9.36 Å². The summed E-state index contributed by atoms with van der Waals surface area (Å²) in [5, 5.41) is 11.2. The standard InChI is InChI=1S/C7H16NO5P/c1-4-12-14(11,13-5-2)6(8-3)7(9)10/h6,8H,4-5H2,1-3H3,(H,9,10). The average Bonchev–Trinajstić information content (AvgIpc) is 2.04. The van der Waals surface area contributed by atoms with E-state index in [1.807, 2.05) is 0 Å². The molecule has 7 heteroatoms. The van der Waals surface area contributed by atoms with E-state index in [0.29, 0.717) is 0 Å². The third-order valence-electron chi connectivity index (χ3n) is 1.44. The lowest BCUT2D eigenvalue weighted by molar-refractivity contribution is -0.137. The van der Waals surface area contributed by atoms with Gasteiger partial charge in [-0.05, 0) is 20.9 Å². The van der Waals surface area contributed by atoms with Crippen molar-refractivity contribution in [1.82, 2.24) is 5.32 Å². The molecule has 0 rings (SSSR count). The summed E-state index contributed by atoms with van der Waals surface area (Å²) in [5.41, 5.74) is 0. The van der Waals surface area contributed by atoms with Crippen LogP contribution in [0.3, 0.4) is 0 Å². The smallest absolute Gasteiger partial charge is 0.358 e. The van der Waals surface area contributed by atoms with E-state index >= 15 is 0 Å². The van der Waals surface area contributed by atoms with Crippen LogP contribution in [0.4, 0.5) is 0 Å². The van der Waals surface area contributed by atoms with Gasteiger partial charge in [0.15, 0.2) is 0 Å². The zero-order valence-electron chi connectivity index (χ0n) is 8.52. The normalized spacial score (nSPS) is 13.9. The monoisotopic (exact) mass is 225 g/mol.